The monoisotopic (exact) mass is 1740 g/mol. The van der Waals surface area contributed by atoms with Gasteiger partial charge in [0.2, 0.25) is 0 Å². The van der Waals surface area contributed by atoms with Gasteiger partial charge in [0.15, 0.2) is 0 Å². The molecule has 12 rings (SSSR count). The van der Waals surface area contributed by atoms with Gasteiger partial charge in [-0.1, -0.05) is 94.9 Å². The van der Waals surface area contributed by atoms with Gasteiger partial charge in [-0.05, 0) is 195 Å². The summed E-state index contributed by atoms with van der Waals surface area (Å²) in [4.78, 5) is 54.8. The van der Waals surface area contributed by atoms with Gasteiger partial charge >= 0.3 is 0 Å². The van der Waals surface area contributed by atoms with Crippen LogP contribution in [0, 0.1) is 23.3 Å². The van der Waals surface area contributed by atoms with Crippen LogP contribution in [0.25, 0.3) is 0 Å². The number of carbonyl (C=O) groups excluding carboxylic acids is 4. The molecule has 12 N–H and O–H groups in total. The van der Waals surface area contributed by atoms with Crippen molar-refractivity contribution in [1.82, 2.24) is 19.6 Å². The van der Waals surface area contributed by atoms with Gasteiger partial charge in [0.05, 0.1) is 46.7 Å². The number of hydrogen-bond acceptors (Lipinski definition) is 20. The molecule has 4 saturated heterocycles. The van der Waals surface area contributed by atoms with E-state index in [1.807, 2.05) is 0 Å². The Kier molecular flexibility index (Phi) is 39.1. The number of hydrogen-bond donors (Lipinski definition) is 8. The normalized spacial score (nSPS) is 18.6. The zero-order chi connectivity index (χ0) is 86.0. The van der Waals surface area contributed by atoms with Crippen molar-refractivity contribution in [1.29, 1.82) is 0 Å². The van der Waals surface area contributed by atoms with Crippen molar-refractivity contribution >= 4 is 70.0 Å². The van der Waals surface area contributed by atoms with E-state index in [9.17, 15) is 57.2 Å². The highest BCUT2D eigenvalue weighted by atomic mass is 35.5. The second-order valence-corrected chi connectivity index (χ2v) is 31.4. The summed E-state index contributed by atoms with van der Waals surface area (Å²) < 4.78 is 98.6. The van der Waals surface area contributed by atoms with E-state index in [2.05, 4.69) is 19.6 Å². The highest BCUT2D eigenvalue weighted by Crippen LogP contribution is 2.29. The molecule has 0 aliphatic carbocycles. The minimum atomic E-state index is -0.758. The van der Waals surface area contributed by atoms with E-state index >= 15 is 0 Å². The summed E-state index contributed by atoms with van der Waals surface area (Å²) in [6.07, 6.45) is 2.95. The molecule has 0 unspecified atom stereocenters. The van der Waals surface area contributed by atoms with Gasteiger partial charge in [-0.25, -0.2) is 17.6 Å². The van der Waals surface area contributed by atoms with Crippen molar-refractivity contribution in [3.05, 3.63) is 258 Å². The van der Waals surface area contributed by atoms with Gasteiger partial charge in [-0.3, -0.25) is 38.8 Å². The molecule has 4 heterocycles. The zero-order valence-corrected chi connectivity index (χ0v) is 69.4. The molecule has 4 aliphatic rings. The average molecular weight is 1750 g/mol. The number of carbonyl (C=O) groups is 4. The molecule has 0 radical (unpaired) electrons. The predicted octanol–water partition coefficient (Wildman–Crippen LogP) is 10.6. The molecule has 0 spiro atoms. The summed E-state index contributed by atoms with van der Waals surface area (Å²) in [6, 6.07) is 44.1. The predicted molar refractivity (Wildman–Crippen MR) is 449 cm³/mol. The lowest BCUT2D eigenvalue weighted by atomic mass is 10.1. The number of benzene rings is 8. The molecule has 0 saturated carbocycles. The van der Waals surface area contributed by atoms with Crippen LogP contribution in [-0.2, 0) is 44.6 Å². The van der Waals surface area contributed by atoms with Crippen LogP contribution in [0.4, 0.5) is 17.6 Å². The number of nitrogens with zero attached hydrogens (tertiary/aromatic N) is 4. The summed E-state index contributed by atoms with van der Waals surface area (Å²) in [7, 11) is 0. The second kappa shape index (κ2) is 49.4. The molecule has 4 aliphatic heterocycles. The Morgan fingerprint density at radius 1 is 0.333 bits per heavy atom. The molecule has 8 atom stereocenters. The number of primary amides is 4. The minimum Gasteiger partial charge on any atom is -0.490 e. The first kappa shape index (κ1) is 95.1. The Balaban J connectivity index is 0.000000182. The number of aliphatic hydroxyl groups excluding tert-OH is 4. The van der Waals surface area contributed by atoms with Gasteiger partial charge in [0.25, 0.3) is 23.6 Å². The molecule has 120 heavy (non-hydrogen) atoms. The first-order valence-corrected chi connectivity index (χ1v) is 41.1. The van der Waals surface area contributed by atoms with Crippen molar-refractivity contribution in [3.63, 3.8) is 0 Å². The van der Waals surface area contributed by atoms with Crippen molar-refractivity contribution < 1.29 is 95.1 Å². The lowest BCUT2D eigenvalue weighted by Gasteiger charge is -2.26. The molecule has 0 aromatic heterocycles. The molecular weight excluding hydrogens is 1640 g/mol. The fourth-order valence-electron chi connectivity index (χ4n) is 14.0. The molecule has 32 heteroatoms. The summed E-state index contributed by atoms with van der Waals surface area (Å²) in [5, 5.41) is 43.3. The lowest BCUT2D eigenvalue weighted by Crippen LogP contribution is -2.40. The van der Waals surface area contributed by atoms with Gasteiger partial charge in [0, 0.05) is 125 Å². The van der Waals surface area contributed by atoms with Gasteiger partial charge in [-0.15, -0.1) is 0 Å². The third-order valence-corrected chi connectivity index (χ3v) is 20.6. The highest BCUT2D eigenvalue weighted by molar-refractivity contribution is 6.32. The molecule has 24 nitrogen and oxygen atoms in total. The zero-order valence-electron chi connectivity index (χ0n) is 66.4. The molecule has 8 aromatic carbocycles. The van der Waals surface area contributed by atoms with E-state index in [1.54, 1.807) is 97.1 Å². The number of ether oxygens (including phenoxy) is 8. The fourth-order valence-corrected chi connectivity index (χ4v) is 14.7. The molecule has 0 bridgehead atoms. The standard InChI is InChI=1S/4C22H26ClFN2O4/c4*23-16-4-7-21(20(11-16)22(25)28)30-14-18(27)12-26-8-1-9-29-19(13-26)10-15-2-5-17(24)6-3-15/h4*2-7,11,18-19,27H,1,8-10,12-14H2,(H2,25,28)/t2*18-,19+;2*18-,19-/m1010/s1. The van der Waals surface area contributed by atoms with E-state index in [1.165, 1.54) is 72.8 Å². The third-order valence-electron chi connectivity index (χ3n) is 19.7. The van der Waals surface area contributed by atoms with Crippen molar-refractivity contribution in [2.75, 3.05) is 131 Å². The number of amides is 4. The first-order valence-electron chi connectivity index (χ1n) is 39.6. The van der Waals surface area contributed by atoms with Crippen LogP contribution >= 0.6 is 46.4 Å². The number of β-amino-alcohol motifs (C(OH)–C–C–N with tert-alkyl or cyclic N) is 4. The fraction of sp³-hybridized carbons (Fsp3) is 0.409. The van der Waals surface area contributed by atoms with E-state index in [0.29, 0.717) is 148 Å². The van der Waals surface area contributed by atoms with Gasteiger partial charge in [0.1, 0.15) is 97.1 Å². The topological polar surface area (TPSA) is 340 Å². The second-order valence-electron chi connectivity index (χ2n) is 29.6. The third kappa shape index (κ3) is 33.6. The molecule has 8 aromatic rings. The first-order chi connectivity index (χ1) is 57.6. The van der Waals surface area contributed by atoms with Crippen molar-refractivity contribution in [3.8, 4) is 23.0 Å². The Bertz CT molecular complexity index is 3960. The van der Waals surface area contributed by atoms with E-state index in [-0.39, 0.29) is 96.4 Å². The summed E-state index contributed by atoms with van der Waals surface area (Å²) >= 11 is 23.6. The van der Waals surface area contributed by atoms with E-state index in [0.717, 1.165) is 74.1 Å². The number of aliphatic hydroxyl groups is 4. The average Bonchev–Trinajstić information content (AvgIpc) is 1.10. The largest absolute Gasteiger partial charge is 0.490 e. The van der Waals surface area contributed by atoms with Crippen LogP contribution < -0.4 is 41.9 Å². The van der Waals surface area contributed by atoms with E-state index in [4.69, 9.17) is 107 Å². The molecule has 648 valence electrons. The molecule has 4 fully saturated rings. The summed E-state index contributed by atoms with van der Waals surface area (Å²) in [6.45, 7) is 10.1. The lowest BCUT2D eigenvalue weighted by molar-refractivity contribution is 0.0358. The van der Waals surface area contributed by atoms with Crippen molar-refractivity contribution in [2.45, 2.75) is 100 Å². The Morgan fingerprint density at radius 3 is 0.708 bits per heavy atom. The van der Waals surface area contributed by atoms with Crippen LogP contribution in [0.1, 0.15) is 89.4 Å². The number of nitrogens with two attached hydrogens (primary N) is 4. The molecule has 4 amide bonds. The SMILES string of the molecule is NC(=O)c1cc(Cl)ccc1OC[C@@H](O)CN1CCCO[C@@H](Cc2ccc(F)cc2)C1.NC(=O)c1cc(Cl)ccc1OC[C@@H](O)CN1CCCO[C@H](Cc2ccc(F)cc2)C1.NC(=O)c1cc(Cl)ccc1OC[C@H](O)CN1CCCO[C@@H](Cc2ccc(F)cc2)C1.NC(=O)c1cc(Cl)ccc1OC[C@H](O)CN1CCCO[C@H](Cc2ccc(F)cc2)C1. The number of halogens is 8. The maximum atomic E-state index is 13.1. The maximum absolute atomic E-state index is 13.1. The minimum absolute atomic E-state index is 0.0158. The smallest absolute Gasteiger partial charge is 0.252 e. The van der Waals surface area contributed by atoms with Crippen LogP contribution in [0.5, 0.6) is 23.0 Å². The van der Waals surface area contributed by atoms with E-state index < -0.39 is 48.0 Å². The van der Waals surface area contributed by atoms with Crippen LogP contribution in [-0.4, -0.2) is 244 Å². The number of rotatable bonds is 32. The van der Waals surface area contributed by atoms with Gasteiger partial charge < -0.3 is 81.3 Å². The van der Waals surface area contributed by atoms with Crippen molar-refractivity contribution in [2.24, 2.45) is 22.9 Å². The Labute approximate surface area is 715 Å². The summed E-state index contributed by atoms with van der Waals surface area (Å²) in [5.74, 6) is -2.44. The Morgan fingerprint density at radius 2 is 0.525 bits per heavy atom. The highest BCUT2D eigenvalue weighted by Gasteiger charge is 2.28. The van der Waals surface area contributed by atoms with Crippen LogP contribution in [0.3, 0.4) is 0 Å². The van der Waals surface area contributed by atoms with Crippen LogP contribution in [0.2, 0.25) is 20.1 Å². The quantitative estimate of drug-likeness (QED) is 0.0182. The maximum Gasteiger partial charge on any atom is 0.252 e. The van der Waals surface area contributed by atoms with Crippen LogP contribution in [0.15, 0.2) is 170 Å². The molecular formula is C88H104Cl4F4N8O16. The summed E-state index contributed by atoms with van der Waals surface area (Å²) in [5.41, 5.74) is 26.2. The Hall–Kier alpha value is -8.76. The van der Waals surface area contributed by atoms with Gasteiger partial charge in [-0.2, -0.15) is 0 Å².